The fraction of sp³-hybridized carbons (Fsp3) is 0.583. The van der Waals surface area contributed by atoms with E-state index in [0.29, 0.717) is 19.0 Å². The van der Waals surface area contributed by atoms with Crippen molar-refractivity contribution in [3.63, 3.8) is 0 Å². The van der Waals surface area contributed by atoms with Crippen molar-refractivity contribution >= 4 is 17.7 Å². The molecule has 1 aliphatic heterocycles. The first-order valence-electron chi connectivity index (χ1n) is 6.36. The normalized spacial score (nSPS) is 20.3. The Balaban J connectivity index is 2.13. The van der Waals surface area contributed by atoms with Crippen LogP contribution >= 0.6 is 0 Å². The van der Waals surface area contributed by atoms with Crippen LogP contribution in [0.3, 0.4) is 0 Å². The molecule has 2 rings (SSSR count). The smallest absolute Gasteiger partial charge is 0.322 e. The molecule has 1 aromatic rings. The summed E-state index contributed by atoms with van der Waals surface area (Å²) in [6, 6.07) is 1.29. The summed E-state index contributed by atoms with van der Waals surface area (Å²) in [5.41, 5.74) is 0. The van der Waals surface area contributed by atoms with Gasteiger partial charge in [0.25, 0.3) is 0 Å². The van der Waals surface area contributed by atoms with Crippen molar-refractivity contribution in [1.82, 2.24) is 14.9 Å². The van der Waals surface area contributed by atoms with Crippen molar-refractivity contribution in [3.8, 4) is 0 Å². The number of aliphatic carboxylic acids is 1. The fourth-order valence-electron chi connectivity index (χ4n) is 2.10. The molecule has 2 N–H and O–H groups in total. The van der Waals surface area contributed by atoms with Gasteiger partial charge in [-0.2, -0.15) is 4.98 Å². The van der Waals surface area contributed by atoms with E-state index in [1.165, 1.54) is 0 Å². The Hall–Kier alpha value is -1.89. The van der Waals surface area contributed by atoms with Crippen LogP contribution in [0.4, 0.5) is 11.8 Å². The Morgan fingerprint density at radius 2 is 2.37 bits per heavy atom. The molecule has 7 nitrogen and oxygen atoms in total. The van der Waals surface area contributed by atoms with E-state index in [2.05, 4.69) is 15.3 Å². The first-order valence-corrected chi connectivity index (χ1v) is 6.36. The number of anilines is 2. The lowest BCUT2D eigenvalue weighted by atomic mass is 10.2. The minimum absolute atomic E-state index is 0.404. The van der Waals surface area contributed by atoms with Crippen LogP contribution in [-0.2, 0) is 4.79 Å². The van der Waals surface area contributed by atoms with E-state index in [-0.39, 0.29) is 0 Å². The predicted octanol–water partition coefficient (Wildman–Crippen LogP) is 0.113. The molecule has 7 heteroatoms. The third-order valence-electron chi connectivity index (χ3n) is 3.22. The molecule has 19 heavy (non-hydrogen) atoms. The van der Waals surface area contributed by atoms with Crippen LogP contribution in [0.1, 0.15) is 6.92 Å². The van der Waals surface area contributed by atoms with Gasteiger partial charge in [-0.15, -0.1) is 0 Å². The molecule has 1 aromatic heterocycles. The van der Waals surface area contributed by atoms with Crippen LogP contribution in [0, 0.1) is 0 Å². The first kappa shape index (κ1) is 13.5. The van der Waals surface area contributed by atoms with Gasteiger partial charge in [-0.25, -0.2) is 4.98 Å². The summed E-state index contributed by atoms with van der Waals surface area (Å²) in [4.78, 5) is 23.6. The molecule has 0 saturated carbocycles. The third-order valence-corrected chi connectivity index (χ3v) is 3.22. The molecule has 0 spiro atoms. The van der Waals surface area contributed by atoms with E-state index in [1.54, 1.807) is 12.3 Å². The maximum atomic E-state index is 11.2. The minimum atomic E-state index is -0.810. The highest BCUT2D eigenvalue weighted by Gasteiger charge is 2.30. The van der Waals surface area contributed by atoms with Crippen molar-refractivity contribution in [2.45, 2.75) is 13.0 Å². The van der Waals surface area contributed by atoms with Crippen molar-refractivity contribution < 1.29 is 9.90 Å². The van der Waals surface area contributed by atoms with Gasteiger partial charge in [0, 0.05) is 32.4 Å². The summed E-state index contributed by atoms with van der Waals surface area (Å²) < 4.78 is 0. The molecule has 0 radical (unpaired) electrons. The summed E-state index contributed by atoms with van der Waals surface area (Å²) in [7, 11) is 1.83. The van der Waals surface area contributed by atoms with Crippen LogP contribution in [0.15, 0.2) is 12.3 Å². The number of carboxylic acid groups (broad SMARTS) is 1. The Bertz CT molecular complexity index is 454. The zero-order valence-corrected chi connectivity index (χ0v) is 11.2. The highest BCUT2D eigenvalue weighted by molar-refractivity contribution is 5.74. The van der Waals surface area contributed by atoms with Gasteiger partial charge in [0.05, 0.1) is 0 Å². The fourth-order valence-corrected chi connectivity index (χ4v) is 2.10. The van der Waals surface area contributed by atoms with Gasteiger partial charge in [-0.1, -0.05) is 0 Å². The maximum absolute atomic E-state index is 11.2. The monoisotopic (exact) mass is 265 g/mol. The first-order chi connectivity index (χ1) is 9.11. The van der Waals surface area contributed by atoms with Crippen molar-refractivity contribution in [3.05, 3.63) is 12.3 Å². The molecule has 1 unspecified atom stereocenters. The Kier molecular flexibility index (Phi) is 4.16. The molecule has 0 bridgehead atoms. The molecule has 0 amide bonds. The lowest BCUT2D eigenvalue weighted by molar-refractivity contribution is -0.142. The second-order valence-corrected chi connectivity index (χ2v) is 4.55. The van der Waals surface area contributed by atoms with Crippen LogP contribution < -0.4 is 10.2 Å². The summed E-state index contributed by atoms with van der Waals surface area (Å²) in [6.45, 7) is 4.61. The van der Waals surface area contributed by atoms with E-state index < -0.39 is 12.0 Å². The molecule has 2 heterocycles. The standard InChI is InChI=1S/C12H19N5O2/c1-3-13-10-4-5-14-12(15-10)17-7-6-16(2)9(8-17)11(18)19/h4-5,9H,3,6-8H2,1-2H3,(H,18,19)(H,13,14,15). The number of carbonyl (C=O) groups is 1. The number of likely N-dealkylation sites (N-methyl/N-ethyl adjacent to an activating group) is 1. The number of carboxylic acids is 1. The number of rotatable bonds is 4. The number of aromatic nitrogens is 2. The van der Waals surface area contributed by atoms with Gasteiger partial charge in [0.1, 0.15) is 11.9 Å². The highest BCUT2D eigenvalue weighted by atomic mass is 16.4. The quantitative estimate of drug-likeness (QED) is 0.799. The molecule has 1 fully saturated rings. The van der Waals surface area contributed by atoms with E-state index in [1.807, 2.05) is 23.8 Å². The summed E-state index contributed by atoms with van der Waals surface area (Å²) in [5, 5.41) is 12.3. The zero-order valence-electron chi connectivity index (χ0n) is 11.2. The highest BCUT2D eigenvalue weighted by Crippen LogP contribution is 2.16. The van der Waals surface area contributed by atoms with E-state index in [0.717, 1.165) is 18.9 Å². The molecule has 1 aliphatic rings. The van der Waals surface area contributed by atoms with Crippen LogP contribution in [0.25, 0.3) is 0 Å². The maximum Gasteiger partial charge on any atom is 0.322 e. The van der Waals surface area contributed by atoms with E-state index in [4.69, 9.17) is 0 Å². The SMILES string of the molecule is CCNc1ccnc(N2CCN(C)C(C(=O)O)C2)n1. The molecule has 1 atom stereocenters. The van der Waals surface area contributed by atoms with Gasteiger partial charge in [0.15, 0.2) is 0 Å². The molecule has 104 valence electrons. The Labute approximate surface area is 112 Å². The second kappa shape index (κ2) is 5.83. The van der Waals surface area contributed by atoms with Crippen molar-refractivity contribution in [2.75, 3.05) is 43.4 Å². The second-order valence-electron chi connectivity index (χ2n) is 4.55. The van der Waals surface area contributed by atoms with Gasteiger partial charge in [-0.05, 0) is 20.0 Å². The molecular weight excluding hydrogens is 246 g/mol. The van der Waals surface area contributed by atoms with Crippen LogP contribution in [0.5, 0.6) is 0 Å². The number of piperazine rings is 1. The van der Waals surface area contributed by atoms with Gasteiger partial charge in [-0.3, -0.25) is 9.69 Å². The summed E-state index contributed by atoms with van der Waals surface area (Å²) in [5.74, 6) is 0.533. The van der Waals surface area contributed by atoms with E-state index >= 15 is 0 Å². The topological polar surface area (TPSA) is 81.6 Å². The van der Waals surface area contributed by atoms with Crippen LogP contribution in [-0.4, -0.2) is 65.2 Å². The van der Waals surface area contributed by atoms with Gasteiger partial charge >= 0.3 is 5.97 Å². The van der Waals surface area contributed by atoms with Crippen molar-refractivity contribution in [2.24, 2.45) is 0 Å². The Morgan fingerprint density at radius 1 is 1.58 bits per heavy atom. The zero-order chi connectivity index (χ0) is 13.8. The summed E-state index contributed by atoms with van der Waals surface area (Å²) >= 11 is 0. The number of nitrogens with zero attached hydrogens (tertiary/aromatic N) is 4. The predicted molar refractivity (Wildman–Crippen MR) is 72.5 cm³/mol. The van der Waals surface area contributed by atoms with Gasteiger partial charge < -0.3 is 15.3 Å². The number of nitrogens with one attached hydrogen (secondary N) is 1. The minimum Gasteiger partial charge on any atom is -0.480 e. The molecule has 0 aromatic carbocycles. The molecular formula is C12H19N5O2. The van der Waals surface area contributed by atoms with Gasteiger partial charge in [0.2, 0.25) is 5.95 Å². The van der Waals surface area contributed by atoms with E-state index in [9.17, 15) is 9.90 Å². The lowest BCUT2D eigenvalue weighted by Gasteiger charge is -2.37. The average molecular weight is 265 g/mol. The summed E-state index contributed by atoms with van der Waals surface area (Å²) in [6.07, 6.45) is 1.69. The largest absolute Gasteiger partial charge is 0.480 e. The third kappa shape index (κ3) is 3.11. The van der Waals surface area contributed by atoms with Crippen LogP contribution in [0.2, 0.25) is 0 Å². The average Bonchev–Trinajstić information content (AvgIpc) is 2.39. The molecule has 1 saturated heterocycles. The Morgan fingerprint density at radius 3 is 3.05 bits per heavy atom. The van der Waals surface area contributed by atoms with Crippen molar-refractivity contribution in [1.29, 1.82) is 0 Å². The number of hydrogen-bond acceptors (Lipinski definition) is 6. The lowest BCUT2D eigenvalue weighted by Crippen LogP contribution is -2.55. The molecule has 0 aliphatic carbocycles. The number of hydrogen-bond donors (Lipinski definition) is 2.